The molecule has 1 aromatic heterocycles. The van der Waals surface area contributed by atoms with Crippen molar-refractivity contribution in [1.29, 1.82) is 0 Å². The highest BCUT2D eigenvalue weighted by molar-refractivity contribution is 7.12. The van der Waals surface area contributed by atoms with Crippen molar-refractivity contribution < 1.29 is 18.7 Å². The van der Waals surface area contributed by atoms with Gasteiger partial charge in [-0.3, -0.25) is 9.69 Å². The number of nitrogens with zero attached hydrogens (tertiary/aromatic N) is 2. The van der Waals surface area contributed by atoms with Crippen molar-refractivity contribution in [3.8, 4) is 0 Å². The van der Waals surface area contributed by atoms with Crippen molar-refractivity contribution in [3.63, 3.8) is 0 Å². The van der Waals surface area contributed by atoms with E-state index in [1.165, 1.54) is 76.8 Å². The van der Waals surface area contributed by atoms with Crippen LogP contribution in [0, 0.1) is 11.6 Å². The molecule has 5 rings (SSSR count). The quantitative estimate of drug-likeness (QED) is 0.245. The molecule has 5 nitrogen and oxygen atoms in total. The summed E-state index contributed by atoms with van der Waals surface area (Å²) in [5.74, 6) is -0.147. The van der Waals surface area contributed by atoms with Gasteiger partial charge >= 0.3 is 0 Å². The lowest BCUT2D eigenvalue weighted by molar-refractivity contribution is -0.131. The fourth-order valence-electron chi connectivity index (χ4n) is 4.82. The van der Waals surface area contributed by atoms with Gasteiger partial charge in [0, 0.05) is 0 Å². The Morgan fingerprint density at radius 1 is 0.902 bits per heavy atom. The highest BCUT2D eigenvalue weighted by atomic mass is 32.1. The smallest absolute Gasteiger partial charge is 0.265 e. The molecule has 0 aliphatic carbocycles. The summed E-state index contributed by atoms with van der Waals surface area (Å²) in [6.07, 6.45) is 0.432. The van der Waals surface area contributed by atoms with Crippen LogP contribution in [0.15, 0.2) is 101 Å². The Morgan fingerprint density at radius 3 is 1.98 bits per heavy atom. The lowest BCUT2D eigenvalue weighted by Crippen LogP contribution is -2.44. The molecule has 2 unspecified atom stereocenters. The highest BCUT2D eigenvalue weighted by Crippen LogP contribution is 2.42. The molecule has 3 aromatic carbocycles. The molecule has 2 N–H and O–H groups in total. The van der Waals surface area contributed by atoms with E-state index < -0.39 is 23.3 Å². The van der Waals surface area contributed by atoms with Crippen LogP contribution in [0.1, 0.15) is 47.8 Å². The van der Waals surface area contributed by atoms with Crippen molar-refractivity contribution in [2.45, 2.75) is 37.8 Å². The number of carbonyl (C=O) groups is 1. The average molecular weight is 576 g/mol. The van der Waals surface area contributed by atoms with Crippen molar-refractivity contribution >= 4 is 23.1 Å². The Kier molecular flexibility index (Phi) is 10.2. The third-order valence-corrected chi connectivity index (χ3v) is 7.86. The van der Waals surface area contributed by atoms with Gasteiger partial charge in [-0.25, -0.2) is 13.8 Å². The second-order valence-electron chi connectivity index (χ2n) is 10.1. The number of aliphatic imine (C=N–C) groups is 1. The number of carbonyl (C=O) groups excluding carboxylic acids is 1. The summed E-state index contributed by atoms with van der Waals surface area (Å²) in [6.45, 7) is 5.01. The first-order chi connectivity index (χ1) is 19.8. The van der Waals surface area contributed by atoms with Crippen LogP contribution in [0.3, 0.4) is 0 Å². The fourth-order valence-corrected chi connectivity index (χ4v) is 5.54. The predicted octanol–water partition coefficient (Wildman–Crippen LogP) is 6.34. The van der Waals surface area contributed by atoms with Crippen LogP contribution in [-0.4, -0.2) is 48.0 Å². The molecule has 4 aromatic rings. The summed E-state index contributed by atoms with van der Waals surface area (Å²) in [6, 6.07) is 25.5. The number of halogens is 2. The van der Waals surface area contributed by atoms with Crippen LogP contribution < -0.4 is 5.32 Å². The van der Waals surface area contributed by atoms with Gasteiger partial charge in [-0.15, -0.1) is 11.3 Å². The number of rotatable bonds is 9. The molecule has 0 spiro atoms. The molecule has 8 heteroatoms. The molecule has 1 amide bonds. The molecule has 0 radical (unpaired) electrons. The van der Waals surface area contributed by atoms with E-state index in [0.29, 0.717) is 22.9 Å². The monoisotopic (exact) mass is 575 g/mol. The molecule has 1 aliphatic heterocycles. The minimum atomic E-state index is -1.49. The van der Waals surface area contributed by atoms with Gasteiger partial charge in [-0.05, 0) is 85.3 Å². The first-order valence-corrected chi connectivity index (χ1v) is 14.5. The van der Waals surface area contributed by atoms with Gasteiger partial charge in [0.05, 0.1) is 17.5 Å². The van der Waals surface area contributed by atoms with Gasteiger partial charge in [-0.1, -0.05) is 67.6 Å². The van der Waals surface area contributed by atoms with E-state index in [-0.39, 0.29) is 12.5 Å². The maximum atomic E-state index is 13.8. The molecule has 2 heterocycles. The van der Waals surface area contributed by atoms with Gasteiger partial charge in [0.1, 0.15) is 17.5 Å². The van der Waals surface area contributed by atoms with E-state index >= 15 is 0 Å². The zero-order chi connectivity index (χ0) is 29.4. The largest absolute Gasteiger partial charge is 0.392 e. The third-order valence-electron chi connectivity index (χ3n) is 6.99. The maximum absolute atomic E-state index is 13.8. The summed E-state index contributed by atoms with van der Waals surface area (Å²) in [7, 11) is 2.00. The summed E-state index contributed by atoms with van der Waals surface area (Å²) >= 11 is 1.42. The zero-order valence-electron chi connectivity index (χ0n) is 23.4. The molecule has 2 atom stereocenters. The summed E-state index contributed by atoms with van der Waals surface area (Å²) < 4.78 is 27.2. The van der Waals surface area contributed by atoms with E-state index in [1.54, 1.807) is 6.92 Å². The average Bonchev–Trinajstić information content (AvgIpc) is 3.61. The number of amides is 1. The van der Waals surface area contributed by atoms with E-state index in [4.69, 9.17) is 4.99 Å². The Balaban J connectivity index is 0.000000271. The lowest BCUT2D eigenvalue weighted by Gasteiger charge is -2.28. The second-order valence-corrected chi connectivity index (χ2v) is 11.1. The third kappa shape index (κ3) is 6.96. The number of aliphatic hydroxyl groups is 1. The number of β-amino-alcohol motifs (C(OH)–C–C–N with tert-alkyl or cyclic N) is 1. The Bertz CT molecular complexity index is 1380. The van der Waals surface area contributed by atoms with Crippen LogP contribution in [0.25, 0.3) is 0 Å². The van der Waals surface area contributed by atoms with Gasteiger partial charge in [0.25, 0.3) is 5.91 Å². The summed E-state index contributed by atoms with van der Waals surface area (Å²) in [4.78, 5) is 20.8. The Labute approximate surface area is 244 Å². The number of hydrogen-bond acceptors (Lipinski definition) is 5. The molecule has 1 aliphatic rings. The fraction of sp³-hybridized carbons (Fsp3) is 0.273. The number of thiophene rings is 1. The molecule has 0 saturated heterocycles. The summed E-state index contributed by atoms with van der Waals surface area (Å²) in [5, 5.41) is 15.0. The van der Waals surface area contributed by atoms with Crippen molar-refractivity contribution in [3.05, 3.63) is 130 Å². The Hall–Kier alpha value is -3.72. The molecular weight excluding hydrogens is 540 g/mol. The molecule has 0 fully saturated rings. The van der Waals surface area contributed by atoms with Crippen LogP contribution in [0.4, 0.5) is 8.78 Å². The first kappa shape index (κ1) is 30.2. The van der Waals surface area contributed by atoms with Gasteiger partial charge < -0.3 is 10.4 Å². The topological polar surface area (TPSA) is 64.9 Å². The molecule has 0 bridgehead atoms. The van der Waals surface area contributed by atoms with Crippen molar-refractivity contribution in [2.75, 3.05) is 20.1 Å². The Morgan fingerprint density at radius 2 is 1.49 bits per heavy atom. The van der Waals surface area contributed by atoms with Crippen LogP contribution in [-0.2, 0) is 10.3 Å². The molecule has 214 valence electrons. The first-order valence-electron chi connectivity index (χ1n) is 13.6. The van der Waals surface area contributed by atoms with Crippen molar-refractivity contribution in [1.82, 2.24) is 10.2 Å². The maximum Gasteiger partial charge on any atom is 0.265 e. The molecule has 0 saturated carbocycles. The minimum Gasteiger partial charge on any atom is -0.392 e. The van der Waals surface area contributed by atoms with Gasteiger partial charge in [0.15, 0.2) is 5.54 Å². The predicted molar refractivity (Wildman–Crippen MR) is 161 cm³/mol. The summed E-state index contributed by atoms with van der Waals surface area (Å²) in [5.41, 5.74) is 0.887. The standard InChI is InChI=1S/C22H18F2N2O2S.C11H17N/c1-14(27)13-26-20(19-3-2-12-29-19)25-22(21(26)28,15-4-8-17(23)9-5-15)16-6-10-18(24)11-7-16;1-10(8-9-12-2)11-6-4-3-5-7-11/h2-12,14,27H,13H2,1H3;3-7,10,12H,8-9H2,1-2H3. The molecule has 41 heavy (non-hydrogen) atoms. The van der Waals surface area contributed by atoms with E-state index in [1.807, 2.05) is 24.6 Å². The number of aliphatic hydroxyl groups excluding tert-OH is 1. The van der Waals surface area contributed by atoms with E-state index in [9.17, 15) is 18.7 Å². The second kappa shape index (κ2) is 13.8. The van der Waals surface area contributed by atoms with Crippen LogP contribution in [0.2, 0.25) is 0 Å². The van der Waals surface area contributed by atoms with E-state index in [0.717, 1.165) is 11.4 Å². The van der Waals surface area contributed by atoms with Crippen LogP contribution >= 0.6 is 11.3 Å². The van der Waals surface area contributed by atoms with Gasteiger partial charge in [-0.2, -0.15) is 0 Å². The highest BCUT2D eigenvalue weighted by Gasteiger charge is 2.51. The van der Waals surface area contributed by atoms with Gasteiger partial charge in [0.2, 0.25) is 0 Å². The van der Waals surface area contributed by atoms with E-state index in [2.05, 4.69) is 42.6 Å². The number of amidine groups is 1. The van der Waals surface area contributed by atoms with Crippen molar-refractivity contribution in [2.24, 2.45) is 4.99 Å². The molecular formula is C33H35F2N3O2S. The SMILES string of the molecule is CC(O)CN1C(=O)C(c2ccc(F)cc2)(c2ccc(F)cc2)N=C1c1cccs1.CNCCC(C)c1ccccc1. The number of nitrogens with one attached hydrogen (secondary N) is 1. The zero-order valence-corrected chi connectivity index (χ0v) is 24.2. The number of hydrogen-bond donors (Lipinski definition) is 2. The minimum absolute atomic E-state index is 0.0553. The normalized spacial score (nSPS) is 15.6. The lowest BCUT2D eigenvalue weighted by atomic mass is 9.82. The number of benzene rings is 3. The van der Waals surface area contributed by atoms with Crippen LogP contribution in [0.5, 0.6) is 0 Å².